The van der Waals surface area contributed by atoms with Gasteiger partial charge >= 0.3 is 0 Å². The van der Waals surface area contributed by atoms with Crippen LogP contribution in [0.5, 0.6) is 0 Å². The maximum atomic E-state index is 11.2. The zero-order valence-electron chi connectivity index (χ0n) is 12.8. The molecule has 3 rings (SSSR count). The van der Waals surface area contributed by atoms with Gasteiger partial charge in [0.15, 0.2) is 0 Å². The van der Waals surface area contributed by atoms with E-state index in [0.717, 1.165) is 11.6 Å². The van der Waals surface area contributed by atoms with Crippen molar-refractivity contribution in [1.29, 1.82) is 0 Å². The van der Waals surface area contributed by atoms with Crippen LogP contribution >= 0.6 is 0 Å². The molecule has 0 radical (unpaired) electrons. The molecule has 0 fully saturated rings. The highest BCUT2D eigenvalue weighted by Gasteiger charge is 2.21. The van der Waals surface area contributed by atoms with Gasteiger partial charge in [0.05, 0.1) is 32.9 Å². The largest absolute Gasteiger partial charge is 0.285 e. The van der Waals surface area contributed by atoms with Crippen LogP contribution in [0.3, 0.4) is 0 Å². The van der Waals surface area contributed by atoms with E-state index in [1.54, 1.807) is 12.1 Å². The summed E-state index contributed by atoms with van der Waals surface area (Å²) in [4.78, 5) is 20.7. The molecule has 0 saturated heterocycles. The van der Waals surface area contributed by atoms with E-state index in [1.807, 2.05) is 36.4 Å². The summed E-state index contributed by atoms with van der Waals surface area (Å²) >= 11 is 0. The van der Waals surface area contributed by atoms with Crippen molar-refractivity contribution in [1.82, 2.24) is 10.2 Å². The lowest BCUT2D eigenvalue weighted by Gasteiger charge is -1.99. The first-order valence-electron chi connectivity index (χ1n) is 7.26. The summed E-state index contributed by atoms with van der Waals surface area (Å²) in [5.74, 6) is 0. The fraction of sp³-hybridized carbons (Fsp3) is 0. The van der Waals surface area contributed by atoms with Crippen molar-refractivity contribution in [3.05, 3.63) is 86.1 Å². The maximum Gasteiger partial charge on any atom is 0.285 e. The van der Waals surface area contributed by atoms with E-state index >= 15 is 0 Å². The molecular weight excluding hydrogens is 324 g/mol. The molecule has 0 atom stereocenters. The van der Waals surface area contributed by atoms with Gasteiger partial charge in [-0.3, -0.25) is 25.3 Å². The predicted molar refractivity (Wildman–Crippen MR) is 92.7 cm³/mol. The van der Waals surface area contributed by atoms with Gasteiger partial charge in [-0.2, -0.15) is 5.10 Å². The number of hydrogen-bond donors (Lipinski definition) is 1. The van der Waals surface area contributed by atoms with E-state index in [4.69, 9.17) is 0 Å². The van der Waals surface area contributed by atoms with Crippen LogP contribution in [0, 0.1) is 20.2 Å². The Bertz CT molecular complexity index is 964. The lowest BCUT2D eigenvalue weighted by Crippen LogP contribution is -1.95. The summed E-state index contributed by atoms with van der Waals surface area (Å²) in [5, 5.41) is 28.9. The van der Waals surface area contributed by atoms with Crippen molar-refractivity contribution in [2.45, 2.75) is 0 Å². The average Bonchev–Trinajstić information content (AvgIpc) is 3.09. The molecule has 0 saturated carbocycles. The van der Waals surface area contributed by atoms with Crippen LogP contribution in [0.1, 0.15) is 11.3 Å². The fourth-order valence-electron chi connectivity index (χ4n) is 2.31. The van der Waals surface area contributed by atoms with Crippen molar-refractivity contribution < 1.29 is 9.85 Å². The summed E-state index contributed by atoms with van der Waals surface area (Å²) in [5.41, 5.74) is 1.52. The van der Waals surface area contributed by atoms with Crippen molar-refractivity contribution in [3.63, 3.8) is 0 Å². The number of nitro benzene ring substituents is 2. The van der Waals surface area contributed by atoms with Gasteiger partial charge < -0.3 is 0 Å². The first-order chi connectivity index (χ1) is 12.0. The fourth-order valence-corrected chi connectivity index (χ4v) is 2.31. The molecule has 0 spiro atoms. The number of H-pyrrole nitrogens is 1. The third-order valence-electron chi connectivity index (χ3n) is 3.52. The molecule has 0 amide bonds. The second kappa shape index (κ2) is 6.75. The van der Waals surface area contributed by atoms with Crippen LogP contribution in [0.15, 0.2) is 54.6 Å². The van der Waals surface area contributed by atoms with Gasteiger partial charge in [0, 0.05) is 6.07 Å². The number of nitrogens with one attached hydrogen (secondary N) is 1. The van der Waals surface area contributed by atoms with Crippen molar-refractivity contribution >= 4 is 23.5 Å². The number of rotatable bonds is 5. The molecule has 8 nitrogen and oxygen atoms in total. The minimum absolute atomic E-state index is 0.214. The van der Waals surface area contributed by atoms with E-state index in [2.05, 4.69) is 10.2 Å². The Kier molecular flexibility index (Phi) is 4.34. The average molecular weight is 336 g/mol. The molecule has 0 bridgehead atoms. The van der Waals surface area contributed by atoms with Crippen LogP contribution in [0.4, 0.5) is 11.4 Å². The van der Waals surface area contributed by atoms with E-state index in [9.17, 15) is 20.2 Å². The summed E-state index contributed by atoms with van der Waals surface area (Å²) < 4.78 is 0. The molecule has 124 valence electrons. The molecule has 0 aliphatic rings. The second-order valence-electron chi connectivity index (χ2n) is 5.17. The second-order valence-corrected chi connectivity index (χ2v) is 5.17. The Morgan fingerprint density at radius 3 is 2.36 bits per heavy atom. The highest BCUT2D eigenvalue weighted by Crippen LogP contribution is 2.32. The number of aromatic nitrogens is 2. The molecule has 1 N–H and O–H groups in total. The van der Waals surface area contributed by atoms with Gasteiger partial charge in [-0.25, -0.2) is 0 Å². The highest BCUT2D eigenvalue weighted by atomic mass is 16.6. The zero-order valence-corrected chi connectivity index (χ0v) is 12.8. The first-order valence-corrected chi connectivity index (χ1v) is 7.26. The van der Waals surface area contributed by atoms with Crippen molar-refractivity contribution in [2.24, 2.45) is 0 Å². The maximum absolute atomic E-state index is 11.2. The third-order valence-corrected chi connectivity index (χ3v) is 3.52. The Labute approximate surface area is 141 Å². The van der Waals surface area contributed by atoms with Crippen LogP contribution in [0.2, 0.25) is 0 Å². The summed E-state index contributed by atoms with van der Waals surface area (Å²) in [6.45, 7) is 0. The third kappa shape index (κ3) is 3.58. The number of nitro groups is 2. The molecule has 25 heavy (non-hydrogen) atoms. The summed E-state index contributed by atoms with van der Waals surface area (Å²) in [7, 11) is 0. The molecule has 3 aromatic rings. The number of nitrogens with zero attached hydrogens (tertiary/aromatic N) is 3. The van der Waals surface area contributed by atoms with Crippen LogP contribution in [-0.2, 0) is 0 Å². The Balaban J connectivity index is 1.93. The van der Waals surface area contributed by atoms with Gasteiger partial charge in [-0.05, 0) is 23.8 Å². The molecule has 0 unspecified atom stereocenters. The van der Waals surface area contributed by atoms with E-state index < -0.39 is 9.85 Å². The number of aromatic amines is 1. The summed E-state index contributed by atoms with van der Waals surface area (Å²) in [6.07, 6.45) is 3.67. The first kappa shape index (κ1) is 16.1. The molecule has 1 heterocycles. The normalized spacial score (nSPS) is 10.9. The standard InChI is InChI=1S/C17H12N4O4/c22-20(23)14-8-9-15(17(11-14)21(24)25)16-10-13(18-19-16)7-6-12-4-2-1-3-5-12/h1-11H,(H,18,19)/b7-6-. The smallest absolute Gasteiger partial charge is 0.278 e. The zero-order chi connectivity index (χ0) is 17.8. The van der Waals surface area contributed by atoms with Crippen LogP contribution < -0.4 is 0 Å². The Morgan fingerprint density at radius 2 is 1.68 bits per heavy atom. The van der Waals surface area contributed by atoms with E-state index in [1.165, 1.54) is 12.1 Å². The molecule has 0 aliphatic heterocycles. The van der Waals surface area contributed by atoms with E-state index in [0.29, 0.717) is 11.4 Å². The lowest BCUT2D eigenvalue weighted by molar-refractivity contribution is -0.393. The van der Waals surface area contributed by atoms with Crippen LogP contribution in [-0.4, -0.2) is 20.0 Å². The van der Waals surface area contributed by atoms with Gasteiger partial charge in [0.2, 0.25) is 0 Å². The number of benzene rings is 2. The molecule has 8 heteroatoms. The number of hydrogen-bond acceptors (Lipinski definition) is 5. The SMILES string of the molecule is O=[N+]([O-])c1ccc(-c2cc(/C=C\c3ccccc3)[nH]n2)c([N+](=O)[O-])c1. The molecule has 2 aromatic carbocycles. The predicted octanol–water partition coefficient (Wildman–Crippen LogP) is 4.06. The van der Waals surface area contributed by atoms with Crippen LogP contribution in [0.25, 0.3) is 23.4 Å². The number of non-ortho nitro benzene ring substituents is 1. The van der Waals surface area contributed by atoms with Gasteiger partial charge in [0.25, 0.3) is 11.4 Å². The quantitative estimate of drug-likeness (QED) is 0.557. The molecule has 0 aliphatic carbocycles. The topological polar surface area (TPSA) is 115 Å². The Morgan fingerprint density at radius 1 is 0.920 bits per heavy atom. The van der Waals surface area contributed by atoms with Crippen molar-refractivity contribution in [3.8, 4) is 11.3 Å². The minimum Gasteiger partial charge on any atom is -0.278 e. The summed E-state index contributed by atoms with van der Waals surface area (Å²) in [6, 6.07) is 14.8. The molecule has 1 aromatic heterocycles. The molecular formula is C17H12N4O4. The minimum atomic E-state index is -0.671. The Hall–Kier alpha value is -3.81. The monoisotopic (exact) mass is 336 g/mol. The van der Waals surface area contributed by atoms with Crippen molar-refractivity contribution in [2.75, 3.05) is 0 Å². The van der Waals surface area contributed by atoms with Gasteiger partial charge in [-0.15, -0.1) is 0 Å². The van der Waals surface area contributed by atoms with Gasteiger partial charge in [-0.1, -0.05) is 36.4 Å². The lowest BCUT2D eigenvalue weighted by atomic mass is 10.1. The van der Waals surface area contributed by atoms with Gasteiger partial charge in [0.1, 0.15) is 0 Å². The van der Waals surface area contributed by atoms with E-state index in [-0.39, 0.29) is 16.9 Å². The highest BCUT2D eigenvalue weighted by molar-refractivity contribution is 5.76.